The maximum absolute atomic E-state index is 12.1. The number of nitrogens with one attached hydrogen (secondary N) is 1. The van der Waals surface area contributed by atoms with E-state index in [0.717, 1.165) is 19.3 Å². The molecule has 37 heavy (non-hydrogen) atoms. The topological polar surface area (TPSA) is 186 Å². The van der Waals surface area contributed by atoms with E-state index in [1.54, 1.807) is 50.8 Å². The first-order chi connectivity index (χ1) is 17.6. The van der Waals surface area contributed by atoms with Crippen LogP contribution in [0.1, 0.15) is 39.3 Å². The molecule has 14 heteroatoms. The number of nitrogens with zero attached hydrogens (tertiary/aromatic N) is 6. The van der Waals surface area contributed by atoms with Crippen LogP contribution in [0.2, 0.25) is 0 Å². The first-order valence-electron chi connectivity index (χ1n) is 11.7. The first-order valence-corrected chi connectivity index (χ1v) is 13.2. The van der Waals surface area contributed by atoms with Gasteiger partial charge in [0.2, 0.25) is 21.9 Å². The fourth-order valence-corrected chi connectivity index (χ4v) is 4.82. The maximum atomic E-state index is 12.1. The van der Waals surface area contributed by atoms with Crippen LogP contribution in [0.25, 0.3) is 22.4 Å². The fourth-order valence-electron chi connectivity index (χ4n) is 4.13. The summed E-state index contributed by atoms with van der Waals surface area (Å²) in [7, 11) is -4.01. The minimum atomic E-state index is -4.01. The largest absolute Gasteiger partial charge is 0.368 e. The molecule has 1 saturated heterocycles. The number of hydrogen-bond acceptors (Lipinski definition) is 9. The van der Waals surface area contributed by atoms with E-state index in [2.05, 4.69) is 25.4 Å². The lowest BCUT2D eigenvalue weighted by Gasteiger charge is -2.24. The number of para-hydroxylation sites is 1. The van der Waals surface area contributed by atoms with Crippen molar-refractivity contribution in [3.8, 4) is 11.3 Å². The molecule has 194 valence electrons. The van der Waals surface area contributed by atoms with Crippen molar-refractivity contribution >= 4 is 38.7 Å². The Morgan fingerprint density at radius 1 is 1.22 bits per heavy atom. The summed E-state index contributed by atoms with van der Waals surface area (Å²) in [5.41, 5.74) is 6.70. The standard InChI is InChI=1S/C23H27N9O4S/c1-23(2,21(24)33)32-12-14(11-27-32)18-19-20(31(13-26-19)17-9-5-6-10-36-17)30-22(29-18)28-15-7-3-4-8-16(15)37(25,34)35/h3-4,7-8,11-13,17H,5-6,9-10H2,1-2H3,(H2,24,33)(H2,25,34,35)(H,28,29,30). The molecule has 1 aliphatic heterocycles. The van der Waals surface area contributed by atoms with Gasteiger partial charge in [0, 0.05) is 18.4 Å². The summed E-state index contributed by atoms with van der Waals surface area (Å²) in [6.45, 7) is 3.95. The summed E-state index contributed by atoms with van der Waals surface area (Å²) in [5.74, 6) is -0.422. The van der Waals surface area contributed by atoms with Gasteiger partial charge >= 0.3 is 0 Å². The first kappa shape index (κ1) is 24.8. The average Bonchev–Trinajstić information content (AvgIpc) is 3.52. The number of fused-ring (bicyclic) bond motifs is 1. The molecule has 13 nitrogen and oxygen atoms in total. The Kier molecular flexibility index (Phi) is 6.17. The van der Waals surface area contributed by atoms with Gasteiger partial charge in [-0.1, -0.05) is 12.1 Å². The highest BCUT2D eigenvalue weighted by Gasteiger charge is 2.29. The van der Waals surface area contributed by atoms with E-state index in [9.17, 15) is 13.2 Å². The monoisotopic (exact) mass is 525 g/mol. The number of primary sulfonamides is 1. The Hall–Kier alpha value is -3.88. The van der Waals surface area contributed by atoms with Crippen molar-refractivity contribution in [2.75, 3.05) is 11.9 Å². The number of nitrogens with two attached hydrogens (primary N) is 2. The number of aromatic nitrogens is 6. The number of carbonyl (C=O) groups is 1. The van der Waals surface area contributed by atoms with Gasteiger partial charge in [0.25, 0.3) is 0 Å². The van der Waals surface area contributed by atoms with Crippen molar-refractivity contribution < 1.29 is 17.9 Å². The third-order valence-electron chi connectivity index (χ3n) is 6.36. The van der Waals surface area contributed by atoms with Crippen LogP contribution < -0.4 is 16.2 Å². The lowest BCUT2D eigenvalue weighted by atomic mass is 10.1. The van der Waals surface area contributed by atoms with E-state index in [0.29, 0.717) is 29.0 Å². The van der Waals surface area contributed by atoms with Gasteiger partial charge in [-0.3, -0.25) is 14.0 Å². The number of rotatable bonds is 7. The Morgan fingerprint density at radius 3 is 2.70 bits per heavy atom. The molecule has 0 spiro atoms. The van der Waals surface area contributed by atoms with Gasteiger partial charge in [-0.2, -0.15) is 10.1 Å². The van der Waals surface area contributed by atoms with Crippen LogP contribution in [-0.2, 0) is 25.1 Å². The molecule has 1 atom stereocenters. The van der Waals surface area contributed by atoms with Gasteiger partial charge in [0.05, 0.1) is 18.2 Å². The second-order valence-electron chi connectivity index (χ2n) is 9.30. The lowest BCUT2D eigenvalue weighted by molar-refractivity contribution is -0.125. The minimum Gasteiger partial charge on any atom is -0.368 e. The molecule has 0 bridgehead atoms. The third kappa shape index (κ3) is 4.65. The normalized spacial score (nSPS) is 16.7. The van der Waals surface area contributed by atoms with E-state index < -0.39 is 21.5 Å². The van der Waals surface area contributed by atoms with E-state index in [4.69, 9.17) is 15.6 Å². The van der Waals surface area contributed by atoms with E-state index in [1.165, 1.54) is 10.7 Å². The van der Waals surface area contributed by atoms with Gasteiger partial charge in [0.1, 0.15) is 27.9 Å². The Balaban J connectivity index is 1.66. The number of benzene rings is 1. The van der Waals surface area contributed by atoms with Gasteiger partial charge in [-0.05, 0) is 45.2 Å². The molecule has 1 unspecified atom stereocenters. The zero-order valence-corrected chi connectivity index (χ0v) is 21.1. The van der Waals surface area contributed by atoms with E-state index in [1.807, 2.05) is 4.57 Å². The molecule has 5 N–H and O–H groups in total. The van der Waals surface area contributed by atoms with E-state index in [-0.39, 0.29) is 22.8 Å². The molecular weight excluding hydrogens is 498 g/mol. The van der Waals surface area contributed by atoms with Crippen LogP contribution in [-0.4, -0.2) is 50.2 Å². The molecule has 1 fully saturated rings. The number of carbonyl (C=O) groups excluding carboxylic acids is 1. The number of imidazole rings is 1. The van der Waals surface area contributed by atoms with Crippen LogP contribution in [0.5, 0.6) is 0 Å². The molecular formula is C23H27N9O4S. The lowest BCUT2D eigenvalue weighted by Crippen LogP contribution is -2.41. The summed E-state index contributed by atoms with van der Waals surface area (Å²) in [4.78, 5) is 25.7. The fraction of sp³-hybridized carbons (Fsp3) is 0.348. The van der Waals surface area contributed by atoms with Gasteiger partial charge in [-0.15, -0.1) is 0 Å². The highest BCUT2D eigenvalue weighted by Crippen LogP contribution is 2.32. The zero-order chi connectivity index (χ0) is 26.4. The molecule has 4 heterocycles. The predicted molar refractivity (Wildman–Crippen MR) is 135 cm³/mol. The van der Waals surface area contributed by atoms with Crippen molar-refractivity contribution in [1.82, 2.24) is 29.3 Å². The van der Waals surface area contributed by atoms with Crippen LogP contribution in [0.15, 0.2) is 47.9 Å². The average molecular weight is 526 g/mol. The summed E-state index contributed by atoms with van der Waals surface area (Å²) in [6, 6.07) is 6.21. The maximum Gasteiger partial charge on any atom is 0.244 e. The number of sulfonamides is 1. The second-order valence-corrected chi connectivity index (χ2v) is 10.8. The van der Waals surface area contributed by atoms with Gasteiger partial charge in [0.15, 0.2) is 5.65 Å². The van der Waals surface area contributed by atoms with Crippen molar-refractivity contribution in [3.63, 3.8) is 0 Å². The van der Waals surface area contributed by atoms with Crippen LogP contribution in [0, 0.1) is 0 Å². The van der Waals surface area contributed by atoms with Crippen LogP contribution >= 0.6 is 0 Å². The zero-order valence-electron chi connectivity index (χ0n) is 20.3. The number of amides is 1. The van der Waals surface area contributed by atoms with Crippen molar-refractivity contribution in [2.45, 2.75) is 49.8 Å². The molecule has 5 rings (SSSR count). The van der Waals surface area contributed by atoms with Gasteiger partial charge in [-0.25, -0.2) is 23.5 Å². The highest BCUT2D eigenvalue weighted by atomic mass is 32.2. The number of hydrogen-bond donors (Lipinski definition) is 3. The van der Waals surface area contributed by atoms with Crippen molar-refractivity contribution in [1.29, 1.82) is 0 Å². The molecule has 1 aromatic carbocycles. The smallest absolute Gasteiger partial charge is 0.244 e. The van der Waals surface area contributed by atoms with Gasteiger partial charge < -0.3 is 15.8 Å². The summed E-state index contributed by atoms with van der Waals surface area (Å²) in [6.07, 6.45) is 7.41. The molecule has 0 radical (unpaired) electrons. The van der Waals surface area contributed by atoms with Crippen molar-refractivity contribution in [3.05, 3.63) is 43.0 Å². The number of anilines is 2. The number of primary amides is 1. The van der Waals surface area contributed by atoms with Crippen LogP contribution in [0.4, 0.5) is 11.6 Å². The highest BCUT2D eigenvalue weighted by molar-refractivity contribution is 7.89. The third-order valence-corrected chi connectivity index (χ3v) is 7.33. The molecule has 1 amide bonds. The Bertz CT molecular complexity index is 1590. The summed E-state index contributed by atoms with van der Waals surface area (Å²) < 4.78 is 33.5. The number of ether oxygens (including phenoxy) is 1. The Morgan fingerprint density at radius 2 is 2.00 bits per heavy atom. The SMILES string of the molecule is CC(C)(C(N)=O)n1cc(-c2nc(Nc3ccccc3S(N)(=O)=O)nc3c2ncn3C2CCCCO2)cn1. The summed E-state index contributed by atoms with van der Waals surface area (Å²) in [5, 5.41) is 12.7. The molecule has 1 aliphatic rings. The minimum absolute atomic E-state index is 0.0969. The second kappa shape index (κ2) is 9.21. The Labute approximate surface area is 212 Å². The van der Waals surface area contributed by atoms with Crippen LogP contribution in [0.3, 0.4) is 0 Å². The predicted octanol–water partition coefficient (Wildman–Crippen LogP) is 2.00. The molecule has 0 aliphatic carbocycles. The quantitative estimate of drug-likeness (QED) is 0.324. The molecule has 0 saturated carbocycles. The van der Waals surface area contributed by atoms with E-state index >= 15 is 0 Å². The van der Waals surface area contributed by atoms with Crippen molar-refractivity contribution in [2.24, 2.45) is 10.9 Å². The molecule has 4 aromatic rings. The molecule has 3 aromatic heterocycles. The summed E-state index contributed by atoms with van der Waals surface area (Å²) >= 11 is 0.